The molecular formula is C19H20O2. The summed E-state index contributed by atoms with van der Waals surface area (Å²) in [6.07, 6.45) is 0.957. The van der Waals surface area contributed by atoms with Crippen LogP contribution in [0.2, 0.25) is 0 Å². The number of furan rings is 1. The maximum Gasteiger partial charge on any atom is 0.137 e. The Balaban J connectivity index is 1.75. The van der Waals surface area contributed by atoms with Gasteiger partial charge < -0.3 is 9.52 Å². The Morgan fingerprint density at radius 2 is 1.86 bits per heavy atom. The Bertz CT molecular complexity index is 755. The Labute approximate surface area is 125 Å². The van der Waals surface area contributed by atoms with E-state index in [9.17, 15) is 5.11 Å². The van der Waals surface area contributed by atoms with Gasteiger partial charge in [-0.3, -0.25) is 0 Å². The molecule has 0 aliphatic heterocycles. The monoisotopic (exact) mass is 280 g/mol. The third-order valence-electron chi connectivity index (χ3n) is 3.88. The second-order valence-corrected chi connectivity index (χ2v) is 5.69. The summed E-state index contributed by atoms with van der Waals surface area (Å²) in [5, 5.41) is 11.4. The van der Waals surface area contributed by atoms with E-state index < -0.39 is 6.10 Å². The molecule has 0 fully saturated rings. The van der Waals surface area contributed by atoms with Crippen LogP contribution in [-0.4, -0.2) is 5.11 Å². The van der Waals surface area contributed by atoms with E-state index in [1.807, 2.05) is 31.2 Å². The van der Waals surface area contributed by atoms with Crippen LogP contribution >= 0.6 is 0 Å². The van der Waals surface area contributed by atoms with Crippen LogP contribution in [0.4, 0.5) is 0 Å². The first-order valence-corrected chi connectivity index (χ1v) is 7.36. The molecule has 1 unspecified atom stereocenters. The van der Waals surface area contributed by atoms with Crippen molar-refractivity contribution in [3.05, 3.63) is 71.0 Å². The third-order valence-corrected chi connectivity index (χ3v) is 3.88. The van der Waals surface area contributed by atoms with E-state index in [2.05, 4.69) is 31.2 Å². The van der Waals surface area contributed by atoms with Crippen molar-refractivity contribution >= 4 is 11.0 Å². The summed E-state index contributed by atoms with van der Waals surface area (Å²) in [5.74, 6) is 0.659. The fraction of sp³-hybridized carbons (Fsp3) is 0.263. The van der Waals surface area contributed by atoms with Crippen LogP contribution in [0.1, 0.15) is 35.0 Å². The van der Waals surface area contributed by atoms with E-state index in [1.54, 1.807) is 0 Å². The first-order chi connectivity index (χ1) is 10.1. The first kappa shape index (κ1) is 13.9. The molecule has 0 saturated carbocycles. The summed E-state index contributed by atoms with van der Waals surface area (Å²) in [6, 6.07) is 16.4. The zero-order valence-corrected chi connectivity index (χ0v) is 12.5. The quantitative estimate of drug-likeness (QED) is 0.750. The Morgan fingerprint density at radius 1 is 1.05 bits per heavy atom. The summed E-state index contributed by atoms with van der Waals surface area (Å²) in [6.45, 7) is 4.11. The van der Waals surface area contributed by atoms with Gasteiger partial charge in [-0.25, -0.2) is 0 Å². The minimum Gasteiger partial charge on any atom is -0.458 e. The summed E-state index contributed by atoms with van der Waals surface area (Å²) in [7, 11) is 0. The zero-order valence-electron chi connectivity index (χ0n) is 12.5. The molecule has 0 radical (unpaired) electrons. The molecule has 0 bridgehead atoms. The van der Waals surface area contributed by atoms with E-state index in [0.29, 0.717) is 12.2 Å². The summed E-state index contributed by atoms with van der Waals surface area (Å²) < 4.78 is 5.82. The molecule has 0 aliphatic rings. The minimum atomic E-state index is -0.558. The number of hydrogen-bond donors (Lipinski definition) is 1. The van der Waals surface area contributed by atoms with Crippen LogP contribution < -0.4 is 0 Å². The number of aliphatic hydroxyl groups is 1. The normalized spacial score (nSPS) is 12.7. The van der Waals surface area contributed by atoms with Crippen LogP contribution in [0, 0.1) is 13.8 Å². The molecule has 0 spiro atoms. The number of benzene rings is 2. The van der Waals surface area contributed by atoms with Crippen molar-refractivity contribution in [2.24, 2.45) is 0 Å². The first-order valence-electron chi connectivity index (χ1n) is 7.36. The van der Waals surface area contributed by atoms with Crippen molar-refractivity contribution in [3.63, 3.8) is 0 Å². The lowest BCUT2D eigenvalue weighted by Gasteiger charge is -2.08. The summed E-state index contributed by atoms with van der Waals surface area (Å²) >= 11 is 0. The molecule has 0 amide bonds. The molecule has 2 nitrogen and oxygen atoms in total. The Morgan fingerprint density at radius 3 is 2.62 bits per heavy atom. The molecule has 1 atom stereocenters. The molecule has 3 rings (SSSR count). The molecule has 1 aromatic heterocycles. The number of fused-ring (bicyclic) bond motifs is 1. The average Bonchev–Trinajstić information content (AvgIpc) is 2.90. The smallest absolute Gasteiger partial charge is 0.137 e. The largest absolute Gasteiger partial charge is 0.458 e. The van der Waals surface area contributed by atoms with Gasteiger partial charge in [0.2, 0.25) is 0 Å². The molecule has 3 aromatic rings. The number of aliphatic hydroxyl groups excluding tert-OH is 1. The number of hydrogen-bond acceptors (Lipinski definition) is 2. The predicted molar refractivity (Wildman–Crippen MR) is 85.4 cm³/mol. The number of para-hydroxylation sites is 1. The maximum absolute atomic E-state index is 10.3. The van der Waals surface area contributed by atoms with Crippen molar-refractivity contribution in [1.29, 1.82) is 0 Å². The van der Waals surface area contributed by atoms with Gasteiger partial charge in [-0.2, -0.15) is 0 Å². The van der Waals surface area contributed by atoms with Gasteiger partial charge >= 0.3 is 0 Å². The van der Waals surface area contributed by atoms with Crippen LogP contribution in [0.15, 0.2) is 52.9 Å². The lowest BCUT2D eigenvalue weighted by atomic mass is 10.0. The average molecular weight is 280 g/mol. The van der Waals surface area contributed by atoms with Gasteiger partial charge in [0.1, 0.15) is 17.4 Å². The van der Waals surface area contributed by atoms with Gasteiger partial charge in [-0.15, -0.1) is 0 Å². The topological polar surface area (TPSA) is 33.4 Å². The fourth-order valence-corrected chi connectivity index (χ4v) is 2.71. The second kappa shape index (κ2) is 5.74. The van der Waals surface area contributed by atoms with Gasteiger partial charge in [-0.1, -0.05) is 48.0 Å². The molecule has 0 aliphatic carbocycles. The van der Waals surface area contributed by atoms with E-state index in [4.69, 9.17) is 4.42 Å². The highest BCUT2D eigenvalue weighted by Crippen LogP contribution is 2.28. The standard InChI is InChI=1S/C19H20O2/c1-13-5-3-7-15(11-13)9-10-17(20)18-12-16-8-4-6-14(2)19(16)21-18/h3-8,11-12,17,20H,9-10H2,1-2H3. The highest BCUT2D eigenvalue weighted by atomic mass is 16.4. The van der Waals surface area contributed by atoms with Crippen molar-refractivity contribution in [1.82, 2.24) is 0 Å². The van der Waals surface area contributed by atoms with Crippen LogP contribution in [0.5, 0.6) is 0 Å². The molecule has 108 valence electrons. The minimum absolute atomic E-state index is 0.558. The highest BCUT2D eigenvalue weighted by molar-refractivity contribution is 5.80. The predicted octanol–water partition coefficient (Wildman–Crippen LogP) is 4.72. The van der Waals surface area contributed by atoms with Gasteiger partial charge in [0.15, 0.2) is 0 Å². The molecule has 1 heterocycles. The lowest BCUT2D eigenvalue weighted by molar-refractivity contribution is 0.143. The summed E-state index contributed by atoms with van der Waals surface area (Å²) in [4.78, 5) is 0. The SMILES string of the molecule is Cc1cccc(CCC(O)c2cc3cccc(C)c3o2)c1. The fourth-order valence-electron chi connectivity index (χ4n) is 2.71. The molecular weight excluding hydrogens is 260 g/mol. The zero-order chi connectivity index (χ0) is 14.8. The van der Waals surface area contributed by atoms with Gasteiger partial charge in [0.25, 0.3) is 0 Å². The number of aryl methyl sites for hydroxylation is 3. The molecule has 21 heavy (non-hydrogen) atoms. The maximum atomic E-state index is 10.3. The third kappa shape index (κ3) is 3.01. The molecule has 1 N–H and O–H groups in total. The van der Waals surface area contributed by atoms with Crippen molar-refractivity contribution < 1.29 is 9.52 Å². The van der Waals surface area contributed by atoms with Crippen molar-refractivity contribution in [2.45, 2.75) is 32.8 Å². The van der Waals surface area contributed by atoms with Crippen molar-refractivity contribution in [2.75, 3.05) is 0 Å². The Kier molecular flexibility index (Phi) is 3.80. The van der Waals surface area contributed by atoms with E-state index in [1.165, 1.54) is 11.1 Å². The van der Waals surface area contributed by atoms with Gasteiger partial charge in [0.05, 0.1) is 0 Å². The molecule has 2 heteroatoms. The van der Waals surface area contributed by atoms with E-state index >= 15 is 0 Å². The van der Waals surface area contributed by atoms with Crippen LogP contribution in [0.3, 0.4) is 0 Å². The van der Waals surface area contributed by atoms with Gasteiger partial charge in [0, 0.05) is 5.39 Å². The Hall–Kier alpha value is -2.06. The van der Waals surface area contributed by atoms with Crippen LogP contribution in [-0.2, 0) is 6.42 Å². The second-order valence-electron chi connectivity index (χ2n) is 5.69. The van der Waals surface area contributed by atoms with E-state index in [-0.39, 0.29) is 0 Å². The lowest BCUT2D eigenvalue weighted by Crippen LogP contribution is -1.98. The molecule has 2 aromatic carbocycles. The number of rotatable bonds is 4. The van der Waals surface area contributed by atoms with Gasteiger partial charge in [-0.05, 0) is 43.9 Å². The summed E-state index contributed by atoms with van der Waals surface area (Å²) in [5.41, 5.74) is 4.48. The highest BCUT2D eigenvalue weighted by Gasteiger charge is 2.14. The van der Waals surface area contributed by atoms with E-state index in [0.717, 1.165) is 23.0 Å². The molecule has 0 saturated heterocycles. The van der Waals surface area contributed by atoms with Crippen LogP contribution in [0.25, 0.3) is 11.0 Å². The van der Waals surface area contributed by atoms with Crippen molar-refractivity contribution in [3.8, 4) is 0 Å².